The van der Waals surface area contributed by atoms with Gasteiger partial charge in [0.1, 0.15) is 5.76 Å². The van der Waals surface area contributed by atoms with E-state index in [9.17, 15) is 9.59 Å². The normalized spacial score (nSPS) is 18.7. The van der Waals surface area contributed by atoms with Crippen molar-refractivity contribution in [2.24, 2.45) is 5.41 Å². The molecule has 124 valence electrons. The first-order valence-corrected chi connectivity index (χ1v) is 8.11. The maximum Gasteiger partial charge on any atom is 0.289 e. The number of furan rings is 1. The van der Waals surface area contributed by atoms with Gasteiger partial charge in [-0.3, -0.25) is 14.6 Å². The molecular weight excluding hydrogens is 306 g/mol. The van der Waals surface area contributed by atoms with E-state index < -0.39 is 0 Å². The predicted molar refractivity (Wildman–Crippen MR) is 86.5 cm³/mol. The lowest BCUT2D eigenvalue weighted by atomic mass is 9.79. The van der Waals surface area contributed by atoms with E-state index in [1.807, 2.05) is 11.8 Å². The molecule has 0 aromatic carbocycles. The second-order valence-corrected chi connectivity index (χ2v) is 6.79. The Hall–Kier alpha value is -2.63. The van der Waals surface area contributed by atoms with E-state index in [4.69, 9.17) is 4.42 Å². The fraction of sp³-hybridized carbons (Fsp3) is 0.389. The standard InChI is InChI=1S/C18H19N3O3/c1-13-4-5-15(24-13)17(23)21-11-18(12-21)6-8-20(10-18)16(22)14-3-2-7-19-9-14/h2-5,7,9H,6,8,10-12H2,1H3. The van der Waals surface area contributed by atoms with E-state index in [0.717, 1.165) is 18.7 Å². The highest BCUT2D eigenvalue weighted by Crippen LogP contribution is 2.40. The molecule has 2 aliphatic heterocycles. The summed E-state index contributed by atoms with van der Waals surface area (Å²) in [6, 6.07) is 7.08. The van der Waals surface area contributed by atoms with Crippen LogP contribution in [0.1, 0.15) is 33.1 Å². The number of amides is 2. The van der Waals surface area contributed by atoms with Gasteiger partial charge in [0, 0.05) is 44.0 Å². The average Bonchev–Trinajstić information content (AvgIpc) is 3.20. The number of hydrogen-bond donors (Lipinski definition) is 0. The van der Waals surface area contributed by atoms with Crippen molar-refractivity contribution < 1.29 is 14.0 Å². The van der Waals surface area contributed by atoms with Gasteiger partial charge < -0.3 is 14.2 Å². The summed E-state index contributed by atoms with van der Waals surface area (Å²) in [5.74, 6) is 1.09. The molecule has 0 aliphatic carbocycles. The second-order valence-electron chi connectivity index (χ2n) is 6.79. The number of carbonyl (C=O) groups is 2. The number of pyridine rings is 1. The summed E-state index contributed by atoms with van der Waals surface area (Å²) in [7, 11) is 0. The molecule has 4 rings (SSSR count). The van der Waals surface area contributed by atoms with Crippen molar-refractivity contribution in [1.29, 1.82) is 0 Å². The molecule has 2 saturated heterocycles. The second kappa shape index (κ2) is 5.47. The molecule has 0 saturated carbocycles. The van der Waals surface area contributed by atoms with Gasteiger partial charge in [-0.1, -0.05) is 0 Å². The maximum absolute atomic E-state index is 12.5. The lowest BCUT2D eigenvalue weighted by molar-refractivity contribution is 0.00860. The van der Waals surface area contributed by atoms with Crippen molar-refractivity contribution in [3.8, 4) is 0 Å². The minimum absolute atomic E-state index is 0.0198. The molecule has 2 aromatic heterocycles. The molecule has 2 fully saturated rings. The van der Waals surface area contributed by atoms with Crippen molar-refractivity contribution in [2.75, 3.05) is 26.2 Å². The molecule has 0 radical (unpaired) electrons. The molecule has 2 aliphatic rings. The Kier molecular flexibility index (Phi) is 3.40. The van der Waals surface area contributed by atoms with Crippen LogP contribution in [-0.4, -0.2) is 52.8 Å². The van der Waals surface area contributed by atoms with E-state index in [0.29, 0.717) is 31.0 Å². The monoisotopic (exact) mass is 325 g/mol. The summed E-state index contributed by atoms with van der Waals surface area (Å²) in [4.78, 5) is 32.5. The molecule has 2 aromatic rings. The van der Waals surface area contributed by atoms with Gasteiger partial charge >= 0.3 is 0 Å². The third-order valence-electron chi connectivity index (χ3n) is 4.92. The van der Waals surface area contributed by atoms with E-state index in [-0.39, 0.29) is 17.2 Å². The molecule has 0 N–H and O–H groups in total. The van der Waals surface area contributed by atoms with Gasteiger partial charge in [-0.15, -0.1) is 0 Å². The van der Waals surface area contributed by atoms with Crippen LogP contribution in [0.15, 0.2) is 41.1 Å². The SMILES string of the molecule is Cc1ccc(C(=O)N2CC3(CCN(C(=O)c4cccnc4)C3)C2)o1. The Morgan fingerprint density at radius 1 is 1.12 bits per heavy atom. The van der Waals surface area contributed by atoms with Gasteiger partial charge in [0.25, 0.3) is 11.8 Å². The Morgan fingerprint density at radius 3 is 2.58 bits per heavy atom. The summed E-state index contributed by atoms with van der Waals surface area (Å²) in [5.41, 5.74) is 0.655. The van der Waals surface area contributed by atoms with Crippen LogP contribution in [0.25, 0.3) is 0 Å². The Morgan fingerprint density at radius 2 is 1.92 bits per heavy atom. The Labute approximate surface area is 140 Å². The lowest BCUT2D eigenvalue weighted by Crippen LogP contribution is -2.59. The van der Waals surface area contributed by atoms with Gasteiger partial charge in [0.2, 0.25) is 0 Å². The molecule has 0 unspecified atom stereocenters. The van der Waals surface area contributed by atoms with Crippen LogP contribution < -0.4 is 0 Å². The first-order valence-electron chi connectivity index (χ1n) is 8.11. The first-order chi connectivity index (χ1) is 11.6. The smallest absolute Gasteiger partial charge is 0.289 e. The van der Waals surface area contributed by atoms with Crippen LogP contribution in [0, 0.1) is 12.3 Å². The van der Waals surface area contributed by atoms with Crippen LogP contribution >= 0.6 is 0 Å². The van der Waals surface area contributed by atoms with Gasteiger partial charge in [0.15, 0.2) is 5.76 Å². The zero-order valence-corrected chi connectivity index (χ0v) is 13.6. The maximum atomic E-state index is 12.5. The lowest BCUT2D eigenvalue weighted by Gasteiger charge is -2.47. The van der Waals surface area contributed by atoms with E-state index in [1.165, 1.54) is 0 Å². The molecular formula is C18H19N3O3. The minimum atomic E-state index is -0.0641. The molecule has 6 nitrogen and oxygen atoms in total. The predicted octanol–water partition coefficient (Wildman–Crippen LogP) is 1.97. The zero-order chi connectivity index (χ0) is 16.7. The van der Waals surface area contributed by atoms with Gasteiger partial charge in [-0.2, -0.15) is 0 Å². The first kappa shape index (κ1) is 14.9. The highest BCUT2D eigenvalue weighted by molar-refractivity contribution is 5.94. The third-order valence-corrected chi connectivity index (χ3v) is 4.92. The molecule has 24 heavy (non-hydrogen) atoms. The van der Waals surface area contributed by atoms with Crippen molar-refractivity contribution >= 4 is 11.8 Å². The molecule has 0 bridgehead atoms. The van der Waals surface area contributed by atoms with Crippen molar-refractivity contribution in [3.63, 3.8) is 0 Å². The number of hydrogen-bond acceptors (Lipinski definition) is 4. The Balaban J connectivity index is 1.38. The summed E-state index contributed by atoms with van der Waals surface area (Å²) in [6.45, 7) is 4.62. The summed E-state index contributed by atoms with van der Waals surface area (Å²) < 4.78 is 5.41. The van der Waals surface area contributed by atoms with E-state index in [2.05, 4.69) is 4.98 Å². The number of nitrogens with zero attached hydrogens (tertiary/aromatic N) is 3. The van der Waals surface area contributed by atoms with E-state index >= 15 is 0 Å². The molecule has 1 spiro atoms. The van der Waals surface area contributed by atoms with Gasteiger partial charge in [-0.05, 0) is 37.6 Å². The molecule has 2 amide bonds. The summed E-state index contributed by atoms with van der Waals surface area (Å²) in [5, 5.41) is 0. The largest absolute Gasteiger partial charge is 0.456 e. The van der Waals surface area contributed by atoms with Gasteiger partial charge in [0.05, 0.1) is 5.56 Å². The fourth-order valence-electron chi connectivity index (χ4n) is 3.65. The van der Waals surface area contributed by atoms with Crippen LogP contribution in [0.3, 0.4) is 0 Å². The van der Waals surface area contributed by atoms with Gasteiger partial charge in [-0.25, -0.2) is 0 Å². The summed E-state index contributed by atoms with van der Waals surface area (Å²) in [6.07, 6.45) is 4.19. The minimum Gasteiger partial charge on any atom is -0.456 e. The number of carbonyl (C=O) groups excluding carboxylic acids is 2. The molecule has 4 heterocycles. The van der Waals surface area contributed by atoms with E-state index in [1.54, 1.807) is 41.6 Å². The van der Waals surface area contributed by atoms with Crippen molar-refractivity contribution in [1.82, 2.24) is 14.8 Å². The number of rotatable bonds is 2. The van der Waals surface area contributed by atoms with Crippen LogP contribution in [0.4, 0.5) is 0 Å². The van der Waals surface area contributed by atoms with Crippen molar-refractivity contribution in [2.45, 2.75) is 13.3 Å². The van der Waals surface area contributed by atoms with Crippen LogP contribution in [0.2, 0.25) is 0 Å². The highest BCUT2D eigenvalue weighted by atomic mass is 16.3. The average molecular weight is 325 g/mol. The number of aromatic nitrogens is 1. The fourth-order valence-corrected chi connectivity index (χ4v) is 3.65. The van der Waals surface area contributed by atoms with Crippen LogP contribution in [-0.2, 0) is 0 Å². The summed E-state index contributed by atoms with van der Waals surface area (Å²) >= 11 is 0. The highest BCUT2D eigenvalue weighted by Gasteiger charge is 2.50. The number of aryl methyl sites for hydroxylation is 1. The zero-order valence-electron chi connectivity index (χ0n) is 13.6. The number of likely N-dealkylation sites (tertiary alicyclic amines) is 2. The van der Waals surface area contributed by atoms with Crippen molar-refractivity contribution in [3.05, 3.63) is 53.7 Å². The van der Waals surface area contributed by atoms with Crippen LogP contribution in [0.5, 0.6) is 0 Å². The molecule has 6 heteroatoms. The third kappa shape index (κ3) is 2.48. The topological polar surface area (TPSA) is 66.7 Å². The Bertz CT molecular complexity index is 778. The quantitative estimate of drug-likeness (QED) is 0.847. The molecule has 0 atom stereocenters.